The number of piperidine rings is 1. The van der Waals surface area contributed by atoms with Gasteiger partial charge < -0.3 is 16.0 Å². The highest BCUT2D eigenvalue weighted by atomic mass is 19.4. The number of halogens is 7. The first-order chi connectivity index (χ1) is 17.4. The molecule has 2 saturated heterocycles. The van der Waals surface area contributed by atoms with Crippen molar-refractivity contribution in [3.05, 3.63) is 47.3 Å². The highest BCUT2D eigenvalue weighted by molar-refractivity contribution is 5.75. The molecule has 0 spiro atoms. The molecule has 2 atom stereocenters. The zero-order chi connectivity index (χ0) is 27.0. The van der Waals surface area contributed by atoms with Gasteiger partial charge in [0.25, 0.3) is 5.92 Å². The quantitative estimate of drug-likeness (QED) is 0.523. The van der Waals surface area contributed by atoms with Crippen LogP contribution in [0.15, 0.2) is 24.5 Å². The minimum atomic E-state index is -4.71. The minimum absolute atomic E-state index is 0.0274. The average molecular weight is 534 g/mol. The molecule has 37 heavy (non-hydrogen) atoms. The molecular weight excluding hydrogens is 509 g/mol. The molecule has 14 heteroatoms. The molecule has 0 saturated carbocycles. The van der Waals surface area contributed by atoms with E-state index in [4.69, 9.17) is 5.73 Å². The smallest absolute Gasteiger partial charge is 0.369 e. The molecule has 2 aromatic rings. The van der Waals surface area contributed by atoms with E-state index in [1.165, 1.54) is 9.80 Å². The first-order valence-corrected chi connectivity index (χ1v) is 11.6. The normalized spacial score (nSPS) is 22.3. The fourth-order valence-electron chi connectivity index (χ4n) is 4.88. The number of nitrogens with two attached hydrogens (primary N) is 1. The summed E-state index contributed by atoms with van der Waals surface area (Å²) in [6.45, 7) is -0.767. The fourth-order valence-corrected chi connectivity index (χ4v) is 4.88. The van der Waals surface area contributed by atoms with Gasteiger partial charge in [-0.3, -0.25) is 9.69 Å². The molecule has 7 nitrogen and oxygen atoms in total. The number of nitrogens with one attached hydrogen (secondary N) is 1. The lowest BCUT2D eigenvalue weighted by Gasteiger charge is -2.38. The first-order valence-electron chi connectivity index (χ1n) is 11.6. The van der Waals surface area contributed by atoms with Crippen molar-refractivity contribution in [3.63, 3.8) is 0 Å². The number of rotatable bonds is 7. The van der Waals surface area contributed by atoms with E-state index in [1.807, 2.05) is 0 Å². The van der Waals surface area contributed by atoms with Gasteiger partial charge in [-0.1, -0.05) is 6.07 Å². The van der Waals surface area contributed by atoms with Crippen LogP contribution < -0.4 is 16.0 Å². The number of carbonyl (C=O) groups excluding carboxylic acids is 1. The summed E-state index contributed by atoms with van der Waals surface area (Å²) in [6, 6.07) is 1.45. The SMILES string of the molecule is NC(=O)CN1CCC(CNc2ncnc(N3CCC[C@@H]3c3ccc(C(F)(F)F)cc3F)c2F)C(F)(F)C1. The summed E-state index contributed by atoms with van der Waals surface area (Å²) in [5.41, 5.74) is 3.92. The van der Waals surface area contributed by atoms with E-state index in [0.717, 1.165) is 18.5 Å². The number of amides is 1. The average Bonchev–Trinajstić information content (AvgIpc) is 3.27. The highest BCUT2D eigenvalue weighted by Crippen LogP contribution is 2.40. The van der Waals surface area contributed by atoms with E-state index in [9.17, 15) is 31.1 Å². The lowest BCUT2D eigenvalue weighted by molar-refractivity contribution is -0.137. The van der Waals surface area contributed by atoms with E-state index in [1.54, 1.807) is 0 Å². The van der Waals surface area contributed by atoms with Crippen LogP contribution in [0.4, 0.5) is 42.4 Å². The Morgan fingerprint density at radius 1 is 1.16 bits per heavy atom. The maximum atomic E-state index is 15.4. The number of benzene rings is 1. The van der Waals surface area contributed by atoms with Gasteiger partial charge in [0.15, 0.2) is 11.6 Å². The number of alkyl halides is 5. The second-order valence-electron chi connectivity index (χ2n) is 9.25. The summed E-state index contributed by atoms with van der Waals surface area (Å²) in [6.07, 6.45) is -2.78. The minimum Gasteiger partial charge on any atom is -0.369 e. The Kier molecular flexibility index (Phi) is 7.49. The zero-order valence-corrected chi connectivity index (χ0v) is 19.5. The molecule has 2 aliphatic rings. The number of primary amides is 1. The molecule has 1 aromatic heterocycles. The number of hydrogen-bond acceptors (Lipinski definition) is 6. The van der Waals surface area contributed by atoms with Gasteiger partial charge in [-0.2, -0.15) is 17.6 Å². The maximum absolute atomic E-state index is 15.4. The second kappa shape index (κ2) is 10.3. The molecule has 2 fully saturated rings. The van der Waals surface area contributed by atoms with Crippen LogP contribution in [0.2, 0.25) is 0 Å². The van der Waals surface area contributed by atoms with Crippen molar-refractivity contribution in [1.82, 2.24) is 14.9 Å². The molecule has 4 rings (SSSR count). The topological polar surface area (TPSA) is 87.4 Å². The van der Waals surface area contributed by atoms with Crippen LogP contribution in [0.3, 0.4) is 0 Å². The second-order valence-corrected chi connectivity index (χ2v) is 9.25. The van der Waals surface area contributed by atoms with Crippen LogP contribution in [-0.4, -0.2) is 59.4 Å². The molecule has 2 aliphatic heterocycles. The van der Waals surface area contributed by atoms with Crippen molar-refractivity contribution in [2.75, 3.05) is 42.9 Å². The number of aromatic nitrogens is 2. The summed E-state index contributed by atoms with van der Waals surface area (Å²) in [5, 5.41) is 2.61. The molecule has 3 N–H and O–H groups in total. The standard InChI is InChI=1S/C23H25F7N6O/c24-16-8-13(23(28,29)30)3-4-15(16)17-2-1-6-36(17)21-19(25)20(33-12-34-21)32-9-14-5-7-35(10-18(31)37)11-22(14,26)27/h3-4,8,12,14,17H,1-2,5-7,9-11H2,(H2,31,37)(H,32,33,34)/t14?,17-/m1/s1. The molecule has 0 bridgehead atoms. The molecule has 0 aliphatic carbocycles. The van der Waals surface area contributed by atoms with Gasteiger partial charge in [-0.25, -0.2) is 23.1 Å². The van der Waals surface area contributed by atoms with E-state index in [-0.39, 0.29) is 49.8 Å². The number of nitrogens with zero attached hydrogens (tertiary/aromatic N) is 4. The van der Waals surface area contributed by atoms with Crippen molar-refractivity contribution in [3.8, 4) is 0 Å². The van der Waals surface area contributed by atoms with Crippen LogP contribution in [0, 0.1) is 17.6 Å². The highest BCUT2D eigenvalue weighted by Gasteiger charge is 2.44. The summed E-state index contributed by atoms with van der Waals surface area (Å²) in [4.78, 5) is 21.5. The van der Waals surface area contributed by atoms with Crippen molar-refractivity contribution in [2.24, 2.45) is 11.7 Å². The molecule has 202 valence electrons. The van der Waals surface area contributed by atoms with Crippen LogP contribution in [0.1, 0.15) is 36.4 Å². The van der Waals surface area contributed by atoms with E-state index in [2.05, 4.69) is 15.3 Å². The lowest BCUT2D eigenvalue weighted by atomic mass is 9.92. The maximum Gasteiger partial charge on any atom is 0.416 e. The monoisotopic (exact) mass is 534 g/mol. The Balaban J connectivity index is 1.49. The van der Waals surface area contributed by atoms with Crippen LogP contribution >= 0.6 is 0 Å². The third-order valence-corrected chi connectivity index (χ3v) is 6.70. The van der Waals surface area contributed by atoms with Crippen molar-refractivity contribution in [2.45, 2.75) is 37.4 Å². The van der Waals surface area contributed by atoms with Crippen molar-refractivity contribution in [1.29, 1.82) is 0 Å². The van der Waals surface area contributed by atoms with E-state index in [0.29, 0.717) is 18.9 Å². The third-order valence-electron chi connectivity index (χ3n) is 6.70. The van der Waals surface area contributed by atoms with Gasteiger partial charge in [0.2, 0.25) is 11.7 Å². The Bertz CT molecular complexity index is 1150. The molecular formula is C23H25F7N6O. The molecule has 1 unspecified atom stereocenters. The van der Waals surface area contributed by atoms with Crippen LogP contribution in [0.25, 0.3) is 0 Å². The largest absolute Gasteiger partial charge is 0.416 e. The lowest BCUT2D eigenvalue weighted by Crippen LogP contribution is -2.52. The Morgan fingerprint density at radius 2 is 1.92 bits per heavy atom. The summed E-state index contributed by atoms with van der Waals surface area (Å²) >= 11 is 0. The molecule has 3 heterocycles. The number of likely N-dealkylation sites (tertiary alicyclic amines) is 1. The Hall–Kier alpha value is -3.16. The van der Waals surface area contributed by atoms with Crippen molar-refractivity contribution >= 4 is 17.5 Å². The number of carbonyl (C=O) groups is 1. The zero-order valence-electron chi connectivity index (χ0n) is 19.5. The molecule has 1 aromatic carbocycles. The Labute approximate surface area is 207 Å². The molecule has 1 amide bonds. The van der Waals surface area contributed by atoms with Crippen LogP contribution in [0.5, 0.6) is 0 Å². The van der Waals surface area contributed by atoms with Crippen molar-refractivity contribution < 1.29 is 35.5 Å². The predicted octanol–water partition coefficient (Wildman–Crippen LogP) is 3.97. The Morgan fingerprint density at radius 3 is 2.57 bits per heavy atom. The summed E-state index contributed by atoms with van der Waals surface area (Å²) < 4.78 is 98.0. The van der Waals surface area contributed by atoms with E-state index >= 15 is 4.39 Å². The van der Waals surface area contributed by atoms with Gasteiger partial charge in [0, 0.05) is 24.6 Å². The van der Waals surface area contributed by atoms with Gasteiger partial charge in [0.05, 0.1) is 24.7 Å². The van der Waals surface area contributed by atoms with Gasteiger partial charge in [-0.05, 0) is 37.9 Å². The third kappa shape index (κ3) is 5.89. The summed E-state index contributed by atoms with van der Waals surface area (Å²) in [5.74, 6) is -7.55. The number of anilines is 2. The van der Waals surface area contributed by atoms with Crippen LogP contribution in [-0.2, 0) is 11.0 Å². The van der Waals surface area contributed by atoms with Gasteiger partial charge in [0.1, 0.15) is 12.1 Å². The van der Waals surface area contributed by atoms with Gasteiger partial charge >= 0.3 is 6.18 Å². The first kappa shape index (κ1) is 26.9. The summed E-state index contributed by atoms with van der Waals surface area (Å²) in [7, 11) is 0. The fraction of sp³-hybridized carbons (Fsp3) is 0.522. The van der Waals surface area contributed by atoms with E-state index < -0.39 is 53.7 Å². The number of hydrogen-bond donors (Lipinski definition) is 2. The van der Waals surface area contributed by atoms with Gasteiger partial charge in [-0.15, -0.1) is 0 Å². The predicted molar refractivity (Wildman–Crippen MR) is 120 cm³/mol. The molecule has 0 radical (unpaired) electrons.